The number of carbonyl (C=O) groups is 3. The number of carbonyl (C=O) groups excluding carboxylic acids is 2. The summed E-state index contributed by atoms with van der Waals surface area (Å²) in [6.07, 6.45) is 2.51. The highest BCUT2D eigenvalue weighted by Gasteiger charge is 2.84. The summed E-state index contributed by atoms with van der Waals surface area (Å²) >= 11 is 0. The van der Waals surface area contributed by atoms with E-state index in [1.807, 2.05) is 6.07 Å². The number of carboxylic acid groups (broad SMARTS) is 1. The van der Waals surface area contributed by atoms with Crippen LogP contribution in [0.2, 0.25) is 0 Å². The van der Waals surface area contributed by atoms with Crippen molar-refractivity contribution < 1.29 is 33.7 Å². The van der Waals surface area contributed by atoms with E-state index in [9.17, 15) is 19.5 Å². The highest BCUT2D eigenvalue weighted by molar-refractivity contribution is 6.08. The Hall–Kier alpha value is -2.81. The molecule has 6 aliphatic rings. The predicted octanol–water partition coefficient (Wildman–Crippen LogP) is 1.91. The molecule has 168 valence electrons. The molecular formula is C23H24N2O7. The number of hydrogen-bond acceptors (Lipinski definition) is 7. The highest BCUT2D eigenvalue weighted by Crippen LogP contribution is 2.75. The molecule has 2 saturated carbocycles. The SMILES string of the molecule is COC(=O)N1c2c(ccc3c2OCO3)[C@]23[C@@H]4CN5CCC[C@@](CC[C@]12C(=O)O)(CC4=O)[C@H]53. The minimum atomic E-state index is -1.62. The van der Waals surface area contributed by atoms with E-state index in [4.69, 9.17) is 14.2 Å². The van der Waals surface area contributed by atoms with E-state index in [-0.39, 0.29) is 30.5 Å². The predicted molar refractivity (Wildman–Crippen MR) is 109 cm³/mol. The van der Waals surface area contributed by atoms with E-state index in [0.717, 1.165) is 19.4 Å². The molecule has 9 heteroatoms. The van der Waals surface area contributed by atoms with Crippen LogP contribution in [0.1, 0.15) is 37.7 Å². The number of benzene rings is 1. The van der Waals surface area contributed by atoms with Crippen LogP contribution in [0.3, 0.4) is 0 Å². The topological polar surface area (TPSA) is 106 Å². The second kappa shape index (κ2) is 5.57. The molecule has 7 rings (SSSR count). The first kappa shape index (κ1) is 18.7. The van der Waals surface area contributed by atoms with Crippen molar-refractivity contribution >= 4 is 23.5 Å². The van der Waals surface area contributed by atoms with E-state index in [2.05, 4.69) is 4.90 Å². The highest BCUT2D eigenvalue weighted by atomic mass is 16.7. The van der Waals surface area contributed by atoms with Crippen LogP contribution in [0.4, 0.5) is 10.5 Å². The summed E-state index contributed by atoms with van der Waals surface area (Å²) < 4.78 is 16.5. The standard InChI is InChI=1S/C23H24N2O7/c1-30-20(29)25-16-12(3-4-15-17(16)32-11-31-15)23-13-10-24-8-2-5-21(18(23)24,9-14(13)26)6-7-22(23,25)19(27)28/h3-4,13,18H,2,5-11H2,1H3,(H,27,28)/t13-,18+,21-,22-,23-/m1/s1. The van der Waals surface area contributed by atoms with Crippen molar-refractivity contribution in [3.63, 3.8) is 0 Å². The summed E-state index contributed by atoms with van der Waals surface area (Å²) in [5.41, 5.74) is -1.81. The van der Waals surface area contributed by atoms with Crippen LogP contribution < -0.4 is 14.4 Å². The Morgan fingerprint density at radius 3 is 2.84 bits per heavy atom. The minimum absolute atomic E-state index is 0.00425. The molecule has 1 aromatic carbocycles. The first-order chi connectivity index (χ1) is 15.4. The van der Waals surface area contributed by atoms with Crippen LogP contribution >= 0.6 is 0 Å². The Balaban J connectivity index is 1.63. The monoisotopic (exact) mass is 440 g/mol. The molecule has 5 atom stereocenters. The number of ether oxygens (including phenoxy) is 3. The number of amides is 1. The summed E-state index contributed by atoms with van der Waals surface area (Å²) in [4.78, 5) is 44.0. The smallest absolute Gasteiger partial charge is 0.415 e. The molecular weight excluding hydrogens is 416 g/mol. The summed E-state index contributed by atoms with van der Waals surface area (Å²) in [6.45, 7) is 1.37. The molecule has 2 saturated heterocycles. The zero-order valence-electron chi connectivity index (χ0n) is 17.8. The normalized spacial score (nSPS) is 40.2. The molecule has 1 amide bonds. The van der Waals surface area contributed by atoms with Gasteiger partial charge in [0.2, 0.25) is 6.79 Å². The minimum Gasteiger partial charge on any atom is -0.479 e. The molecule has 2 aliphatic carbocycles. The fourth-order valence-electron chi connectivity index (χ4n) is 8.61. The van der Waals surface area contributed by atoms with Crippen LogP contribution in [-0.4, -0.2) is 66.4 Å². The maximum absolute atomic E-state index is 13.7. The van der Waals surface area contributed by atoms with Crippen LogP contribution in [0.25, 0.3) is 0 Å². The molecule has 1 spiro atoms. The zero-order valence-corrected chi connectivity index (χ0v) is 17.8. The van der Waals surface area contributed by atoms with Gasteiger partial charge in [-0.25, -0.2) is 9.59 Å². The number of methoxy groups -OCH3 is 1. The number of hydrogen-bond donors (Lipinski definition) is 1. The molecule has 0 aromatic heterocycles. The van der Waals surface area contributed by atoms with Gasteiger partial charge in [0.15, 0.2) is 17.0 Å². The average molecular weight is 440 g/mol. The lowest BCUT2D eigenvalue weighted by molar-refractivity contribution is -0.163. The number of piperidine rings is 1. The van der Waals surface area contributed by atoms with E-state index in [0.29, 0.717) is 42.1 Å². The fraction of sp³-hybridized carbons (Fsp3) is 0.609. The maximum atomic E-state index is 13.7. The van der Waals surface area contributed by atoms with E-state index in [1.54, 1.807) is 6.07 Å². The van der Waals surface area contributed by atoms with E-state index in [1.165, 1.54) is 12.0 Å². The molecule has 9 nitrogen and oxygen atoms in total. The lowest BCUT2D eigenvalue weighted by atomic mass is 9.41. The third-order valence-electron chi connectivity index (χ3n) is 9.32. The lowest BCUT2D eigenvalue weighted by Gasteiger charge is -2.64. The van der Waals surface area contributed by atoms with Crippen LogP contribution in [-0.2, 0) is 19.7 Å². The number of ketones is 1. The second-order valence-corrected chi connectivity index (χ2v) is 10.1. The van der Waals surface area contributed by atoms with Gasteiger partial charge in [-0.1, -0.05) is 6.07 Å². The van der Waals surface area contributed by atoms with Gasteiger partial charge in [0.05, 0.1) is 18.2 Å². The molecule has 32 heavy (non-hydrogen) atoms. The molecule has 1 N–H and O–H groups in total. The van der Waals surface area contributed by atoms with Gasteiger partial charge in [-0.15, -0.1) is 0 Å². The molecule has 4 aliphatic heterocycles. The molecule has 1 aromatic rings. The van der Waals surface area contributed by atoms with Crippen molar-refractivity contribution in [1.29, 1.82) is 0 Å². The van der Waals surface area contributed by atoms with Crippen molar-refractivity contribution in [1.82, 2.24) is 4.90 Å². The number of rotatable bonds is 1. The molecule has 0 radical (unpaired) electrons. The summed E-state index contributed by atoms with van der Waals surface area (Å²) in [7, 11) is 1.26. The number of Topliss-reactive ketones (excluding diaryl/α,β-unsaturated/α-hetero) is 1. The van der Waals surface area contributed by atoms with Gasteiger partial charge in [-0.2, -0.15) is 0 Å². The molecule has 4 heterocycles. The largest absolute Gasteiger partial charge is 0.479 e. The Morgan fingerprint density at radius 2 is 2.06 bits per heavy atom. The van der Waals surface area contributed by atoms with Gasteiger partial charge in [0, 0.05) is 24.9 Å². The van der Waals surface area contributed by atoms with Crippen molar-refractivity contribution in [2.45, 2.75) is 49.1 Å². The van der Waals surface area contributed by atoms with Crippen molar-refractivity contribution in [3.8, 4) is 11.5 Å². The van der Waals surface area contributed by atoms with Crippen LogP contribution in [0.5, 0.6) is 11.5 Å². The Bertz CT molecular complexity index is 1120. The van der Waals surface area contributed by atoms with Gasteiger partial charge in [0.25, 0.3) is 0 Å². The Kier molecular flexibility index (Phi) is 3.26. The van der Waals surface area contributed by atoms with Crippen LogP contribution in [0, 0.1) is 11.3 Å². The van der Waals surface area contributed by atoms with Crippen molar-refractivity contribution in [2.75, 3.05) is 31.9 Å². The number of fused-ring (bicyclic) bond motifs is 3. The Labute approximate surface area is 184 Å². The first-order valence-electron chi connectivity index (χ1n) is 11.2. The summed E-state index contributed by atoms with van der Waals surface area (Å²) in [5.74, 6) is -0.635. The summed E-state index contributed by atoms with van der Waals surface area (Å²) in [5, 5.41) is 10.9. The third-order valence-corrected chi connectivity index (χ3v) is 9.32. The number of nitrogens with zero attached hydrogens (tertiary/aromatic N) is 2. The van der Waals surface area contributed by atoms with Gasteiger partial charge in [0.1, 0.15) is 5.78 Å². The Morgan fingerprint density at radius 1 is 1.22 bits per heavy atom. The first-order valence-corrected chi connectivity index (χ1v) is 11.2. The quantitative estimate of drug-likeness (QED) is 0.706. The second-order valence-electron chi connectivity index (χ2n) is 10.1. The van der Waals surface area contributed by atoms with Crippen LogP contribution in [0.15, 0.2) is 12.1 Å². The molecule has 4 bridgehead atoms. The number of aliphatic carboxylic acids is 1. The number of anilines is 1. The third kappa shape index (κ3) is 1.65. The average Bonchev–Trinajstić information content (AvgIpc) is 3.44. The molecule has 4 fully saturated rings. The van der Waals surface area contributed by atoms with E-state index >= 15 is 0 Å². The van der Waals surface area contributed by atoms with Gasteiger partial charge >= 0.3 is 12.1 Å². The maximum Gasteiger partial charge on any atom is 0.415 e. The van der Waals surface area contributed by atoms with E-state index < -0.39 is 28.9 Å². The van der Waals surface area contributed by atoms with Gasteiger partial charge in [-0.05, 0) is 49.3 Å². The van der Waals surface area contributed by atoms with Crippen molar-refractivity contribution in [2.24, 2.45) is 11.3 Å². The fourth-order valence-corrected chi connectivity index (χ4v) is 8.61. The van der Waals surface area contributed by atoms with Gasteiger partial charge < -0.3 is 19.3 Å². The summed E-state index contributed by atoms with van der Waals surface area (Å²) in [6, 6.07) is 3.53. The van der Waals surface area contributed by atoms with Gasteiger partial charge in [-0.3, -0.25) is 14.6 Å². The number of carboxylic acids is 1. The van der Waals surface area contributed by atoms with Crippen molar-refractivity contribution in [3.05, 3.63) is 17.7 Å². The zero-order chi connectivity index (χ0) is 22.0. The molecule has 0 unspecified atom stereocenters. The lowest BCUT2D eigenvalue weighted by Crippen LogP contribution is -2.78.